The zero-order chi connectivity index (χ0) is 18.4. The van der Waals surface area contributed by atoms with Crippen molar-refractivity contribution < 1.29 is 8.42 Å². The number of sulfonamides is 1. The van der Waals surface area contributed by atoms with Gasteiger partial charge < -0.3 is 4.90 Å². The molecule has 3 rings (SSSR count). The molecule has 0 aliphatic carbocycles. The minimum Gasteiger partial charge on any atom is -0.303 e. The van der Waals surface area contributed by atoms with Crippen molar-refractivity contribution in [3.05, 3.63) is 66.2 Å². The molecule has 2 aromatic rings. The van der Waals surface area contributed by atoms with E-state index in [1.807, 2.05) is 12.1 Å². The van der Waals surface area contributed by atoms with Crippen LogP contribution in [0, 0.1) is 0 Å². The summed E-state index contributed by atoms with van der Waals surface area (Å²) in [6.45, 7) is 4.37. The Morgan fingerprint density at radius 2 is 1.65 bits per heavy atom. The molecule has 6 heteroatoms. The van der Waals surface area contributed by atoms with Crippen LogP contribution in [0.15, 0.2) is 65.6 Å². The molecule has 1 saturated heterocycles. The summed E-state index contributed by atoms with van der Waals surface area (Å²) in [6, 6.07) is 19.4. The topological polar surface area (TPSA) is 52.6 Å². The molecule has 1 fully saturated rings. The molecule has 26 heavy (non-hydrogen) atoms. The molecule has 0 unspecified atom stereocenters. The zero-order valence-corrected chi connectivity index (χ0v) is 16.0. The molecular formula is C20H27N3O2S. The van der Waals surface area contributed by atoms with Crippen molar-refractivity contribution in [2.24, 2.45) is 0 Å². The Labute approximate surface area is 156 Å². The fraction of sp³-hybridized carbons (Fsp3) is 0.400. The highest BCUT2D eigenvalue weighted by Gasteiger charge is 2.26. The van der Waals surface area contributed by atoms with E-state index in [-0.39, 0.29) is 0 Å². The van der Waals surface area contributed by atoms with E-state index in [9.17, 15) is 8.42 Å². The fourth-order valence-corrected chi connectivity index (χ4v) is 4.48. The third kappa shape index (κ3) is 4.92. The van der Waals surface area contributed by atoms with E-state index in [2.05, 4.69) is 45.8 Å². The van der Waals surface area contributed by atoms with E-state index in [4.69, 9.17) is 0 Å². The average Bonchev–Trinajstić information content (AvgIpc) is 2.67. The van der Waals surface area contributed by atoms with Gasteiger partial charge >= 0.3 is 0 Å². The van der Waals surface area contributed by atoms with Crippen LogP contribution in [0.2, 0.25) is 0 Å². The molecule has 0 spiro atoms. The lowest BCUT2D eigenvalue weighted by Gasteiger charge is -2.40. The van der Waals surface area contributed by atoms with Gasteiger partial charge in [0, 0.05) is 38.8 Å². The van der Waals surface area contributed by atoms with E-state index in [1.165, 1.54) is 5.56 Å². The highest BCUT2D eigenvalue weighted by Crippen LogP contribution is 2.24. The third-order valence-corrected chi connectivity index (χ3v) is 6.32. The molecule has 1 heterocycles. The van der Waals surface area contributed by atoms with Gasteiger partial charge in [-0.15, -0.1) is 0 Å². The van der Waals surface area contributed by atoms with Crippen LogP contribution in [-0.4, -0.2) is 58.0 Å². The number of hydrogen-bond acceptors (Lipinski definition) is 4. The summed E-state index contributed by atoms with van der Waals surface area (Å²) >= 11 is 0. The molecule has 0 radical (unpaired) electrons. The maximum absolute atomic E-state index is 12.3. The molecule has 0 amide bonds. The summed E-state index contributed by atoms with van der Waals surface area (Å²) in [4.78, 5) is 5.14. The van der Waals surface area contributed by atoms with Crippen molar-refractivity contribution in [3.63, 3.8) is 0 Å². The molecule has 1 aliphatic heterocycles. The van der Waals surface area contributed by atoms with Gasteiger partial charge in [0.15, 0.2) is 0 Å². The summed E-state index contributed by atoms with van der Waals surface area (Å²) < 4.78 is 27.3. The average molecular weight is 374 g/mol. The van der Waals surface area contributed by atoms with E-state index in [0.29, 0.717) is 17.5 Å². The van der Waals surface area contributed by atoms with Gasteiger partial charge in [-0.1, -0.05) is 48.5 Å². The van der Waals surface area contributed by atoms with Crippen molar-refractivity contribution in [2.75, 3.05) is 39.8 Å². The van der Waals surface area contributed by atoms with E-state index in [1.54, 1.807) is 24.3 Å². The number of likely N-dealkylation sites (N-methyl/N-ethyl adjacent to an activating group) is 1. The molecule has 0 aromatic heterocycles. The van der Waals surface area contributed by atoms with Crippen LogP contribution in [0.1, 0.15) is 18.0 Å². The van der Waals surface area contributed by atoms with E-state index < -0.39 is 10.0 Å². The Balaban J connectivity index is 1.55. The van der Waals surface area contributed by atoms with E-state index in [0.717, 1.165) is 32.6 Å². The van der Waals surface area contributed by atoms with Crippen LogP contribution < -0.4 is 4.72 Å². The maximum atomic E-state index is 12.3. The van der Waals surface area contributed by atoms with Gasteiger partial charge in [0.05, 0.1) is 4.90 Å². The largest absolute Gasteiger partial charge is 0.303 e. The first kappa shape index (κ1) is 19.0. The summed E-state index contributed by atoms with van der Waals surface area (Å²) in [6.07, 6.45) is 0.791. The number of benzene rings is 2. The highest BCUT2D eigenvalue weighted by molar-refractivity contribution is 7.89. The lowest BCUT2D eigenvalue weighted by molar-refractivity contribution is 0.0892. The summed E-state index contributed by atoms with van der Waals surface area (Å²) in [5, 5.41) is 0. The monoisotopic (exact) mass is 373 g/mol. The minimum absolute atomic E-state index is 0.321. The number of nitrogens with zero attached hydrogens (tertiary/aromatic N) is 2. The smallest absolute Gasteiger partial charge is 0.240 e. The third-order valence-electron chi connectivity index (χ3n) is 4.85. The Bertz CT molecular complexity index is 781. The van der Waals surface area contributed by atoms with Gasteiger partial charge in [-0.2, -0.15) is 0 Å². The number of piperazine rings is 1. The van der Waals surface area contributed by atoms with Gasteiger partial charge in [0.25, 0.3) is 0 Å². The molecule has 0 bridgehead atoms. The Morgan fingerprint density at radius 3 is 2.35 bits per heavy atom. The molecule has 140 valence electrons. The highest BCUT2D eigenvalue weighted by atomic mass is 32.2. The van der Waals surface area contributed by atoms with Crippen LogP contribution >= 0.6 is 0 Å². The predicted molar refractivity (Wildman–Crippen MR) is 105 cm³/mol. The summed E-state index contributed by atoms with van der Waals surface area (Å²) in [5.74, 6) is 0. The van der Waals surface area contributed by atoms with Crippen LogP contribution in [0.25, 0.3) is 0 Å². The normalized spacial score (nSPS) is 19.5. The Kier molecular flexibility index (Phi) is 6.43. The minimum atomic E-state index is -3.41. The lowest BCUT2D eigenvalue weighted by Crippen LogP contribution is -2.47. The molecular weight excluding hydrogens is 346 g/mol. The second kappa shape index (κ2) is 8.77. The fourth-order valence-electron chi connectivity index (χ4n) is 3.39. The zero-order valence-electron chi connectivity index (χ0n) is 15.2. The second-order valence-corrected chi connectivity index (χ2v) is 8.56. The van der Waals surface area contributed by atoms with Gasteiger partial charge in [-0.25, -0.2) is 13.1 Å². The quantitative estimate of drug-likeness (QED) is 0.757. The number of hydrogen-bond donors (Lipinski definition) is 1. The Hall–Kier alpha value is -1.73. The van der Waals surface area contributed by atoms with Crippen LogP contribution in [0.3, 0.4) is 0 Å². The van der Waals surface area contributed by atoms with Crippen molar-refractivity contribution in [1.82, 2.24) is 14.5 Å². The predicted octanol–water partition coefficient (Wildman–Crippen LogP) is 2.34. The molecule has 1 N–H and O–H groups in total. The van der Waals surface area contributed by atoms with Gasteiger partial charge in [0.2, 0.25) is 10.0 Å². The molecule has 5 nitrogen and oxygen atoms in total. The Morgan fingerprint density at radius 1 is 1.00 bits per heavy atom. The molecule has 1 aliphatic rings. The van der Waals surface area contributed by atoms with Crippen molar-refractivity contribution in [1.29, 1.82) is 0 Å². The van der Waals surface area contributed by atoms with Crippen LogP contribution in [0.4, 0.5) is 0 Å². The lowest BCUT2D eigenvalue weighted by atomic mass is 10.0. The number of nitrogens with one attached hydrogen (secondary N) is 1. The van der Waals surface area contributed by atoms with Crippen molar-refractivity contribution in [3.8, 4) is 0 Å². The second-order valence-electron chi connectivity index (χ2n) is 6.79. The molecule has 2 aromatic carbocycles. The first-order chi connectivity index (χ1) is 12.6. The van der Waals surface area contributed by atoms with E-state index >= 15 is 0 Å². The molecule has 1 atom stereocenters. The molecule has 0 saturated carbocycles. The maximum Gasteiger partial charge on any atom is 0.240 e. The SMILES string of the molecule is CN1CCN(CCCNS(=O)(=O)c2ccccc2)[C@H](c2ccccc2)C1. The first-order valence-electron chi connectivity index (χ1n) is 9.08. The van der Waals surface area contributed by atoms with Crippen molar-refractivity contribution in [2.45, 2.75) is 17.4 Å². The van der Waals surface area contributed by atoms with Gasteiger partial charge in [-0.3, -0.25) is 4.90 Å². The number of rotatable bonds is 7. The first-order valence-corrected chi connectivity index (χ1v) is 10.6. The van der Waals surface area contributed by atoms with Crippen molar-refractivity contribution >= 4 is 10.0 Å². The van der Waals surface area contributed by atoms with Crippen LogP contribution in [-0.2, 0) is 10.0 Å². The summed E-state index contributed by atoms with van der Waals surface area (Å²) in [7, 11) is -1.26. The van der Waals surface area contributed by atoms with Gasteiger partial charge in [-0.05, 0) is 31.2 Å². The van der Waals surface area contributed by atoms with Gasteiger partial charge in [0.1, 0.15) is 0 Å². The summed E-state index contributed by atoms with van der Waals surface area (Å²) in [5.41, 5.74) is 1.32. The standard InChI is InChI=1S/C20H27N3O2S/c1-22-15-16-23(20(17-22)18-9-4-2-5-10-18)14-8-13-21-26(24,25)19-11-6-3-7-12-19/h2-7,9-12,20-21H,8,13-17H2,1H3/t20-/m0/s1. The van der Waals surface area contributed by atoms with Crippen LogP contribution in [0.5, 0.6) is 0 Å².